The third kappa shape index (κ3) is 4.25. The minimum atomic E-state index is -3.52. The molecular formula is C17H26N2O3S. The second-order valence-electron chi connectivity index (χ2n) is 6.55. The molecule has 1 heterocycles. The number of hydrogen-bond donors (Lipinski definition) is 0. The largest absolute Gasteiger partial charge is 0.341 e. The van der Waals surface area contributed by atoms with E-state index in [0.29, 0.717) is 24.7 Å². The van der Waals surface area contributed by atoms with E-state index in [-0.39, 0.29) is 12.5 Å². The van der Waals surface area contributed by atoms with Gasteiger partial charge in [-0.05, 0) is 49.8 Å². The maximum atomic E-state index is 12.6. The van der Waals surface area contributed by atoms with Crippen LogP contribution >= 0.6 is 0 Å². The lowest BCUT2D eigenvalue weighted by molar-refractivity contribution is -0.130. The van der Waals surface area contributed by atoms with Crippen molar-refractivity contribution in [3.8, 4) is 0 Å². The second-order valence-corrected chi connectivity index (χ2v) is 8.46. The molecule has 0 bridgehead atoms. The molecule has 0 unspecified atom stereocenters. The van der Waals surface area contributed by atoms with Gasteiger partial charge in [0.2, 0.25) is 15.9 Å². The Kier molecular flexibility index (Phi) is 5.34. The lowest BCUT2D eigenvalue weighted by Crippen LogP contribution is -2.45. The Morgan fingerprint density at radius 3 is 2.43 bits per heavy atom. The first kappa shape index (κ1) is 17.8. The van der Waals surface area contributed by atoms with E-state index >= 15 is 0 Å². The zero-order valence-electron chi connectivity index (χ0n) is 14.4. The van der Waals surface area contributed by atoms with Gasteiger partial charge in [0.1, 0.15) is 6.54 Å². The highest BCUT2D eigenvalue weighted by Crippen LogP contribution is 2.25. The Hall–Kier alpha value is -1.56. The highest BCUT2D eigenvalue weighted by atomic mass is 32.2. The van der Waals surface area contributed by atoms with Gasteiger partial charge in [-0.15, -0.1) is 0 Å². The molecule has 0 N–H and O–H groups in total. The van der Waals surface area contributed by atoms with Gasteiger partial charge in [-0.3, -0.25) is 9.10 Å². The van der Waals surface area contributed by atoms with Gasteiger partial charge in [0, 0.05) is 13.1 Å². The molecule has 1 saturated heterocycles. The average Bonchev–Trinajstić information content (AvgIpc) is 2.47. The number of amides is 1. The molecule has 23 heavy (non-hydrogen) atoms. The van der Waals surface area contributed by atoms with Crippen LogP contribution in [0, 0.1) is 19.8 Å². The predicted octanol–water partition coefficient (Wildman–Crippen LogP) is 2.33. The van der Waals surface area contributed by atoms with Crippen molar-refractivity contribution in [3.05, 3.63) is 29.3 Å². The lowest BCUT2D eigenvalue weighted by atomic mass is 9.99. The first-order chi connectivity index (χ1) is 10.7. The minimum absolute atomic E-state index is 0.122. The molecule has 1 amide bonds. The smallest absolute Gasteiger partial charge is 0.243 e. The Bertz CT molecular complexity index is 677. The van der Waals surface area contributed by atoms with Crippen molar-refractivity contribution < 1.29 is 13.2 Å². The summed E-state index contributed by atoms with van der Waals surface area (Å²) >= 11 is 0. The molecule has 1 aromatic rings. The fourth-order valence-electron chi connectivity index (χ4n) is 2.87. The monoisotopic (exact) mass is 338 g/mol. The lowest BCUT2D eigenvalue weighted by Gasteiger charge is -2.32. The van der Waals surface area contributed by atoms with Gasteiger partial charge in [0.05, 0.1) is 11.9 Å². The molecule has 0 aromatic heterocycles. The van der Waals surface area contributed by atoms with Crippen LogP contribution in [-0.2, 0) is 14.8 Å². The zero-order valence-corrected chi connectivity index (χ0v) is 15.2. The van der Waals surface area contributed by atoms with Gasteiger partial charge in [-0.2, -0.15) is 0 Å². The van der Waals surface area contributed by atoms with E-state index in [0.717, 1.165) is 30.2 Å². The van der Waals surface area contributed by atoms with Gasteiger partial charge >= 0.3 is 0 Å². The van der Waals surface area contributed by atoms with Gasteiger partial charge in [0.15, 0.2) is 0 Å². The second kappa shape index (κ2) is 6.91. The summed E-state index contributed by atoms with van der Waals surface area (Å²) in [5.74, 6) is 0.507. The molecule has 0 saturated carbocycles. The summed E-state index contributed by atoms with van der Waals surface area (Å²) in [6.45, 7) is 7.30. The number of nitrogens with zero attached hydrogens (tertiary/aromatic N) is 2. The summed E-state index contributed by atoms with van der Waals surface area (Å²) in [5, 5.41) is 0. The van der Waals surface area contributed by atoms with E-state index in [1.54, 1.807) is 11.0 Å². The van der Waals surface area contributed by atoms with Crippen LogP contribution in [0.2, 0.25) is 0 Å². The van der Waals surface area contributed by atoms with Crippen molar-refractivity contribution in [1.29, 1.82) is 0 Å². The molecule has 0 radical (unpaired) electrons. The van der Waals surface area contributed by atoms with E-state index in [2.05, 4.69) is 6.92 Å². The number of anilines is 1. The fraction of sp³-hybridized carbons (Fsp3) is 0.588. The van der Waals surface area contributed by atoms with Gasteiger partial charge in [-0.1, -0.05) is 19.1 Å². The Balaban J connectivity index is 2.24. The average molecular weight is 338 g/mol. The van der Waals surface area contributed by atoms with Gasteiger partial charge in [-0.25, -0.2) is 8.42 Å². The van der Waals surface area contributed by atoms with E-state index in [1.807, 2.05) is 26.0 Å². The fourth-order valence-corrected chi connectivity index (χ4v) is 3.77. The van der Waals surface area contributed by atoms with Crippen LogP contribution in [0.25, 0.3) is 0 Å². The van der Waals surface area contributed by atoms with E-state index in [4.69, 9.17) is 0 Å². The van der Waals surface area contributed by atoms with E-state index in [9.17, 15) is 13.2 Å². The highest BCUT2D eigenvalue weighted by molar-refractivity contribution is 7.92. The van der Waals surface area contributed by atoms with Crippen molar-refractivity contribution in [2.75, 3.05) is 30.2 Å². The number of piperidine rings is 1. The molecule has 1 fully saturated rings. The third-order valence-corrected chi connectivity index (χ3v) is 5.79. The number of aryl methyl sites for hydroxylation is 1. The van der Waals surface area contributed by atoms with Crippen molar-refractivity contribution in [3.63, 3.8) is 0 Å². The summed E-state index contributed by atoms with van der Waals surface area (Å²) in [6.07, 6.45) is 3.11. The van der Waals surface area contributed by atoms with E-state index < -0.39 is 10.0 Å². The quantitative estimate of drug-likeness (QED) is 0.846. The maximum absolute atomic E-state index is 12.6. The minimum Gasteiger partial charge on any atom is -0.341 e. The molecular weight excluding hydrogens is 312 g/mol. The van der Waals surface area contributed by atoms with Crippen molar-refractivity contribution in [2.24, 2.45) is 5.92 Å². The van der Waals surface area contributed by atoms with Crippen LogP contribution in [0.4, 0.5) is 5.69 Å². The summed E-state index contributed by atoms with van der Waals surface area (Å²) in [5.41, 5.74) is 2.49. The Morgan fingerprint density at radius 2 is 1.87 bits per heavy atom. The maximum Gasteiger partial charge on any atom is 0.243 e. The summed E-state index contributed by atoms with van der Waals surface area (Å²) in [7, 11) is -3.52. The number of hydrogen-bond acceptors (Lipinski definition) is 3. The third-order valence-electron chi connectivity index (χ3n) is 4.66. The summed E-state index contributed by atoms with van der Waals surface area (Å²) in [6, 6.07) is 5.52. The SMILES string of the molecule is Cc1cccc(N(CC(=O)N2CCC(C)CC2)S(C)(=O)=O)c1C. The van der Waals surface area contributed by atoms with E-state index in [1.165, 1.54) is 4.31 Å². The van der Waals surface area contributed by atoms with Crippen LogP contribution in [-0.4, -0.2) is 45.1 Å². The number of rotatable bonds is 4. The molecule has 5 nitrogen and oxygen atoms in total. The standard InChI is InChI=1S/C17H26N2O3S/c1-13-8-10-18(11-9-13)17(20)12-19(23(4,21)22)16-7-5-6-14(2)15(16)3/h5-7,13H,8-12H2,1-4H3. The van der Waals surface area contributed by atoms with Crippen LogP contribution in [0.1, 0.15) is 30.9 Å². The Morgan fingerprint density at radius 1 is 1.26 bits per heavy atom. The number of likely N-dealkylation sites (tertiary alicyclic amines) is 1. The van der Waals surface area contributed by atoms with Crippen LogP contribution in [0.3, 0.4) is 0 Å². The number of sulfonamides is 1. The molecule has 2 rings (SSSR count). The van der Waals surface area contributed by atoms with Crippen LogP contribution in [0.5, 0.6) is 0 Å². The first-order valence-electron chi connectivity index (χ1n) is 8.02. The molecule has 1 aromatic carbocycles. The van der Waals surface area contributed by atoms with Crippen LogP contribution in [0.15, 0.2) is 18.2 Å². The Labute approximate surface area is 139 Å². The number of benzene rings is 1. The van der Waals surface area contributed by atoms with Gasteiger partial charge < -0.3 is 4.90 Å². The predicted molar refractivity (Wildman–Crippen MR) is 93.1 cm³/mol. The van der Waals surface area contributed by atoms with Crippen molar-refractivity contribution in [2.45, 2.75) is 33.6 Å². The molecule has 128 valence electrons. The topological polar surface area (TPSA) is 57.7 Å². The normalized spacial score (nSPS) is 16.4. The number of carbonyl (C=O) groups is 1. The molecule has 0 atom stereocenters. The number of carbonyl (C=O) groups excluding carboxylic acids is 1. The summed E-state index contributed by atoms with van der Waals surface area (Å²) in [4.78, 5) is 14.3. The van der Waals surface area contributed by atoms with Crippen molar-refractivity contribution >= 4 is 21.6 Å². The molecule has 1 aliphatic rings. The summed E-state index contributed by atoms with van der Waals surface area (Å²) < 4.78 is 25.7. The van der Waals surface area contributed by atoms with Gasteiger partial charge in [0.25, 0.3) is 0 Å². The van der Waals surface area contributed by atoms with Crippen LogP contribution < -0.4 is 4.31 Å². The highest BCUT2D eigenvalue weighted by Gasteiger charge is 2.27. The first-order valence-corrected chi connectivity index (χ1v) is 9.86. The zero-order chi connectivity index (χ0) is 17.2. The molecule has 0 aliphatic carbocycles. The molecule has 0 spiro atoms. The molecule has 6 heteroatoms. The van der Waals surface area contributed by atoms with Crippen molar-refractivity contribution in [1.82, 2.24) is 4.90 Å². The molecule has 1 aliphatic heterocycles.